The van der Waals surface area contributed by atoms with E-state index in [1.54, 1.807) is 20.3 Å². The van der Waals surface area contributed by atoms with Crippen LogP contribution in [0.4, 0.5) is 17.2 Å². The third kappa shape index (κ3) is 2.22. The summed E-state index contributed by atoms with van der Waals surface area (Å²) in [6.07, 6.45) is 3.17. The predicted molar refractivity (Wildman–Crippen MR) is 82.5 cm³/mol. The van der Waals surface area contributed by atoms with Crippen LogP contribution in [-0.4, -0.2) is 44.8 Å². The Hall–Kier alpha value is -3.10. The maximum Gasteiger partial charge on any atom is 0.271 e. The average molecular weight is 300 g/mol. The summed E-state index contributed by atoms with van der Waals surface area (Å²) in [5.41, 5.74) is 3.41. The van der Waals surface area contributed by atoms with Gasteiger partial charge in [0.1, 0.15) is 0 Å². The molecule has 0 aliphatic rings. The number of fused-ring (bicyclic) bond motifs is 1. The fourth-order valence-corrected chi connectivity index (χ4v) is 2.11. The van der Waals surface area contributed by atoms with Gasteiger partial charge in [-0.1, -0.05) is 0 Å². The van der Waals surface area contributed by atoms with Gasteiger partial charge < -0.3 is 16.0 Å². The number of imidazole rings is 1. The highest BCUT2D eigenvalue weighted by molar-refractivity contribution is 5.93. The summed E-state index contributed by atoms with van der Waals surface area (Å²) in [7, 11) is 3.36. The van der Waals surface area contributed by atoms with Gasteiger partial charge in [-0.15, -0.1) is 5.10 Å². The molecular formula is C13H16N8O. The Morgan fingerprint density at radius 1 is 1.27 bits per heavy atom. The maximum absolute atomic E-state index is 11.9. The number of carbonyl (C=O) groups excluding carboxylic acids is 1. The number of nitrogens with one attached hydrogen (secondary N) is 4. The van der Waals surface area contributed by atoms with Gasteiger partial charge in [-0.2, -0.15) is 5.10 Å². The molecule has 4 N–H and O–H groups in total. The Balaban J connectivity index is 2.11. The van der Waals surface area contributed by atoms with Gasteiger partial charge >= 0.3 is 0 Å². The molecule has 0 atom stereocenters. The van der Waals surface area contributed by atoms with E-state index in [4.69, 9.17) is 0 Å². The Morgan fingerprint density at radius 2 is 2.09 bits per heavy atom. The molecule has 0 fully saturated rings. The van der Waals surface area contributed by atoms with Crippen LogP contribution in [0.1, 0.15) is 16.2 Å². The smallest absolute Gasteiger partial charge is 0.271 e. The van der Waals surface area contributed by atoms with Crippen molar-refractivity contribution < 1.29 is 4.79 Å². The van der Waals surface area contributed by atoms with Crippen molar-refractivity contribution >= 4 is 28.7 Å². The molecule has 3 aromatic heterocycles. The van der Waals surface area contributed by atoms with E-state index in [9.17, 15) is 4.79 Å². The molecule has 0 aliphatic carbocycles. The van der Waals surface area contributed by atoms with Crippen LogP contribution in [-0.2, 0) is 0 Å². The number of anilines is 3. The lowest BCUT2D eigenvalue weighted by Crippen LogP contribution is -2.20. The van der Waals surface area contributed by atoms with Crippen molar-refractivity contribution in [3.8, 4) is 0 Å². The highest BCUT2D eigenvalue weighted by Crippen LogP contribution is 2.23. The molecule has 0 saturated carbocycles. The summed E-state index contributed by atoms with van der Waals surface area (Å²) in [6.45, 7) is 1.90. The van der Waals surface area contributed by atoms with Crippen LogP contribution in [0.3, 0.4) is 0 Å². The van der Waals surface area contributed by atoms with E-state index in [0.717, 1.165) is 17.1 Å². The summed E-state index contributed by atoms with van der Waals surface area (Å²) < 4.78 is 1.50. The Kier molecular flexibility index (Phi) is 3.37. The molecule has 9 nitrogen and oxygen atoms in total. The molecule has 0 spiro atoms. The second-order valence-electron chi connectivity index (χ2n) is 4.68. The summed E-state index contributed by atoms with van der Waals surface area (Å²) in [5.74, 6) is 0.322. The van der Waals surface area contributed by atoms with Gasteiger partial charge in [0.15, 0.2) is 17.2 Å². The standard InChI is InChI=1S/C13H16N8O/c1-7-9(5-17-19-7)18-11-4-8(14-2)12-16-6-10(13(22)15-3)21(12)20-11/h4-6,14H,1-3H3,(H,15,22)(H,17,19)(H,18,20). The zero-order valence-corrected chi connectivity index (χ0v) is 12.4. The number of H-pyrrole nitrogens is 1. The molecule has 3 heterocycles. The second kappa shape index (κ2) is 5.35. The van der Waals surface area contributed by atoms with Crippen LogP contribution < -0.4 is 16.0 Å². The lowest BCUT2D eigenvalue weighted by Gasteiger charge is -2.09. The quantitative estimate of drug-likeness (QED) is 0.569. The van der Waals surface area contributed by atoms with Crippen molar-refractivity contribution in [2.75, 3.05) is 24.7 Å². The zero-order chi connectivity index (χ0) is 15.7. The lowest BCUT2D eigenvalue weighted by molar-refractivity contribution is 0.0956. The van der Waals surface area contributed by atoms with Crippen LogP contribution in [0.5, 0.6) is 0 Å². The van der Waals surface area contributed by atoms with Crippen LogP contribution in [0, 0.1) is 6.92 Å². The maximum atomic E-state index is 11.9. The molecule has 3 aromatic rings. The van der Waals surface area contributed by atoms with Gasteiger partial charge in [-0.3, -0.25) is 9.89 Å². The number of hydrogen-bond acceptors (Lipinski definition) is 6. The highest BCUT2D eigenvalue weighted by Gasteiger charge is 2.15. The minimum absolute atomic E-state index is 0.251. The van der Waals surface area contributed by atoms with E-state index in [-0.39, 0.29) is 5.91 Å². The number of hydrogen-bond donors (Lipinski definition) is 4. The van der Waals surface area contributed by atoms with E-state index in [1.165, 1.54) is 10.7 Å². The van der Waals surface area contributed by atoms with Gasteiger partial charge in [0.05, 0.1) is 29.5 Å². The molecule has 0 saturated heterocycles. The average Bonchev–Trinajstić information content (AvgIpc) is 3.12. The van der Waals surface area contributed by atoms with Gasteiger partial charge in [-0.25, -0.2) is 9.50 Å². The van der Waals surface area contributed by atoms with Crippen molar-refractivity contribution in [3.05, 3.63) is 29.8 Å². The number of aromatic amines is 1. The molecule has 0 unspecified atom stereocenters. The van der Waals surface area contributed by atoms with E-state index in [2.05, 4.69) is 36.2 Å². The van der Waals surface area contributed by atoms with Gasteiger partial charge in [0.2, 0.25) is 0 Å². The van der Waals surface area contributed by atoms with E-state index < -0.39 is 0 Å². The summed E-state index contributed by atoms with van der Waals surface area (Å²) >= 11 is 0. The number of rotatable bonds is 4. The Morgan fingerprint density at radius 3 is 2.73 bits per heavy atom. The molecule has 9 heteroatoms. The van der Waals surface area contributed by atoms with Gasteiger partial charge in [-0.05, 0) is 6.92 Å². The molecule has 0 bridgehead atoms. The van der Waals surface area contributed by atoms with Gasteiger partial charge in [0.25, 0.3) is 5.91 Å². The third-order valence-corrected chi connectivity index (χ3v) is 3.29. The summed E-state index contributed by atoms with van der Waals surface area (Å²) in [4.78, 5) is 16.1. The molecule has 3 rings (SSSR count). The number of aromatic nitrogens is 5. The predicted octanol–water partition coefficient (Wildman–Crippen LogP) is 0.906. The number of nitrogens with zero attached hydrogens (tertiary/aromatic N) is 4. The number of carbonyl (C=O) groups is 1. The molecule has 0 aliphatic heterocycles. The van der Waals surface area contributed by atoms with E-state index in [1.807, 2.05) is 13.0 Å². The Labute approximate surface area is 126 Å². The topological polar surface area (TPSA) is 112 Å². The van der Waals surface area contributed by atoms with E-state index >= 15 is 0 Å². The first-order valence-corrected chi connectivity index (χ1v) is 6.69. The largest absolute Gasteiger partial charge is 0.385 e. The van der Waals surface area contributed by atoms with Crippen LogP contribution in [0.25, 0.3) is 5.65 Å². The third-order valence-electron chi connectivity index (χ3n) is 3.29. The summed E-state index contributed by atoms with van der Waals surface area (Å²) in [6, 6.07) is 1.82. The zero-order valence-electron chi connectivity index (χ0n) is 12.4. The van der Waals surface area contributed by atoms with Crippen LogP contribution in [0.15, 0.2) is 18.5 Å². The first-order valence-electron chi connectivity index (χ1n) is 6.69. The lowest BCUT2D eigenvalue weighted by atomic mass is 10.3. The van der Waals surface area contributed by atoms with E-state index in [0.29, 0.717) is 17.2 Å². The molecule has 22 heavy (non-hydrogen) atoms. The van der Waals surface area contributed by atoms with Crippen molar-refractivity contribution in [3.63, 3.8) is 0 Å². The monoisotopic (exact) mass is 300 g/mol. The molecule has 0 radical (unpaired) electrons. The minimum Gasteiger partial charge on any atom is -0.385 e. The van der Waals surface area contributed by atoms with Crippen molar-refractivity contribution in [2.45, 2.75) is 6.92 Å². The minimum atomic E-state index is -0.251. The van der Waals surface area contributed by atoms with Crippen LogP contribution >= 0.6 is 0 Å². The normalized spacial score (nSPS) is 10.7. The van der Waals surface area contributed by atoms with Crippen molar-refractivity contribution in [1.29, 1.82) is 0 Å². The first kappa shape index (κ1) is 13.9. The molecule has 114 valence electrons. The van der Waals surface area contributed by atoms with Crippen LogP contribution in [0.2, 0.25) is 0 Å². The second-order valence-corrected chi connectivity index (χ2v) is 4.68. The fourth-order valence-electron chi connectivity index (χ4n) is 2.11. The highest BCUT2D eigenvalue weighted by atomic mass is 16.1. The molecule has 1 amide bonds. The number of amides is 1. The molecule has 0 aromatic carbocycles. The first-order chi connectivity index (χ1) is 10.6. The molecular weight excluding hydrogens is 284 g/mol. The van der Waals surface area contributed by atoms with Crippen molar-refractivity contribution in [2.24, 2.45) is 0 Å². The van der Waals surface area contributed by atoms with Crippen molar-refractivity contribution in [1.82, 2.24) is 30.1 Å². The summed E-state index contributed by atoms with van der Waals surface area (Å²) in [5, 5.41) is 20.0. The fraction of sp³-hybridized carbons (Fsp3) is 0.231. The number of aryl methyl sites for hydroxylation is 1. The Bertz CT molecular complexity index is 834. The van der Waals surface area contributed by atoms with Gasteiger partial charge in [0, 0.05) is 20.2 Å². The SMILES string of the molecule is CNC(=O)c1cnc2c(NC)cc(Nc3cn[nH]c3C)nn12.